The molecule has 9 heteroatoms. The average molecular weight is 465 g/mol. The maximum atomic E-state index is 12.8. The summed E-state index contributed by atoms with van der Waals surface area (Å²) in [4.78, 5) is 30.0. The molecule has 0 bridgehead atoms. The van der Waals surface area contributed by atoms with Crippen molar-refractivity contribution in [1.82, 2.24) is 14.7 Å². The molecule has 0 aliphatic carbocycles. The molecule has 4 aromatic rings. The van der Waals surface area contributed by atoms with Gasteiger partial charge in [-0.2, -0.15) is 0 Å². The summed E-state index contributed by atoms with van der Waals surface area (Å²) in [5.74, 6) is -1.82. The van der Waals surface area contributed by atoms with Crippen LogP contribution in [0.3, 0.4) is 0 Å². The normalized spacial score (nSPS) is 12.8. The molecule has 8 nitrogen and oxygen atoms in total. The first-order valence-corrected chi connectivity index (χ1v) is 10.6. The van der Waals surface area contributed by atoms with Crippen LogP contribution in [0.15, 0.2) is 76.4 Å². The van der Waals surface area contributed by atoms with Crippen LogP contribution < -0.4 is 10.9 Å². The monoisotopic (exact) mass is 464 g/mol. The molecule has 33 heavy (non-hydrogen) atoms. The number of carbonyl (C=O) groups excluding carboxylic acids is 1. The van der Waals surface area contributed by atoms with Gasteiger partial charge in [0.1, 0.15) is 17.8 Å². The van der Waals surface area contributed by atoms with Gasteiger partial charge in [-0.3, -0.25) is 14.2 Å². The Hall–Kier alpha value is -3.91. The van der Waals surface area contributed by atoms with Crippen molar-refractivity contribution in [3.05, 3.63) is 105 Å². The van der Waals surface area contributed by atoms with E-state index in [1.807, 2.05) is 55.5 Å². The zero-order valence-corrected chi connectivity index (χ0v) is 18.7. The number of nitrogens with zero attached hydrogens (tertiary/aromatic N) is 3. The van der Waals surface area contributed by atoms with Gasteiger partial charge < -0.3 is 14.9 Å². The number of carbonyl (C=O) groups is 1. The molecule has 0 fully saturated rings. The molecule has 0 saturated heterocycles. The van der Waals surface area contributed by atoms with E-state index >= 15 is 0 Å². The van der Waals surface area contributed by atoms with Crippen LogP contribution in [0.5, 0.6) is 5.75 Å². The third-order valence-corrected chi connectivity index (χ3v) is 5.86. The summed E-state index contributed by atoms with van der Waals surface area (Å²) in [6, 6.07) is 17.2. The van der Waals surface area contributed by atoms with Gasteiger partial charge in [0, 0.05) is 23.9 Å². The number of aromatic nitrogens is 3. The van der Waals surface area contributed by atoms with Crippen molar-refractivity contribution in [2.75, 3.05) is 5.32 Å². The minimum Gasteiger partial charge on any atom is -0.501 e. The van der Waals surface area contributed by atoms with E-state index in [9.17, 15) is 14.7 Å². The summed E-state index contributed by atoms with van der Waals surface area (Å²) < 4.78 is 5.95. The van der Waals surface area contributed by atoms with Crippen LogP contribution in [0, 0.1) is 0 Å². The van der Waals surface area contributed by atoms with E-state index < -0.39 is 17.2 Å². The van der Waals surface area contributed by atoms with Crippen molar-refractivity contribution in [1.29, 1.82) is 0 Å². The third kappa shape index (κ3) is 4.38. The molecular formula is C24H21ClN4O4. The van der Waals surface area contributed by atoms with Gasteiger partial charge in [0.05, 0.1) is 6.20 Å². The van der Waals surface area contributed by atoms with Crippen molar-refractivity contribution >= 4 is 23.2 Å². The van der Waals surface area contributed by atoms with Gasteiger partial charge in [-0.15, -0.1) is 0 Å². The minimum absolute atomic E-state index is 0.267. The van der Waals surface area contributed by atoms with Crippen molar-refractivity contribution in [3.63, 3.8) is 0 Å². The fourth-order valence-corrected chi connectivity index (χ4v) is 4.16. The third-order valence-electron chi connectivity index (χ3n) is 5.51. The molecule has 0 radical (unpaired) electrons. The van der Waals surface area contributed by atoms with E-state index in [0.29, 0.717) is 10.8 Å². The first kappa shape index (κ1) is 22.3. The van der Waals surface area contributed by atoms with Crippen LogP contribution >= 0.6 is 11.6 Å². The van der Waals surface area contributed by atoms with E-state index in [4.69, 9.17) is 16.1 Å². The van der Waals surface area contributed by atoms with E-state index in [0.717, 1.165) is 11.1 Å². The quantitative estimate of drug-likeness (QED) is 0.440. The average Bonchev–Trinajstić information content (AvgIpc) is 3.32. The largest absolute Gasteiger partial charge is 0.501 e. The van der Waals surface area contributed by atoms with Crippen molar-refractivity contribution in [3.8, 4) is 5.75 Å². The molecule has 0 saturated carbocycles. The van der Waals surface area contributed by atoms with E-state index in [-0.39, 0.29) is 23.2 Å². The summed E-state index contributed by atoms with van der Waals surface area (Å²) in [6.45, 7) is 1.90. The second-order valence-corrected chi connectivity index (χ2v) is 8.00. The second-order valence-electron chi connectivity index (χ2n) is 7.60. The van der Waals surface area contributed by atoms with Crippen molar-refractivity contribution < 1.29 is 14.4 Å². The highest BCUT2D eigenvalue weighted by Crippen LogP contribution is 2.40. The molecule has 2 aromatic heterocycles. The summed E-state index contributed by atoms with van der Waals surface area (Å²) in [5, 5.41) is 17.0. The molecule has 0 aliphatic rings. The lowest BCUT2D eigenvalue weighted by Gasteiger charge is -2.27. The van der Waals surface area contributed by atoms with Gasteiger partial charge in [-0.1, -0.05) is 72.2 Å². The fourth-order valence-electron chi connectivity index (χ4n) is 3.90. The number of amides is 1. The predicted molar refractivity (Wildman–Crippen MR) is 124 cm³/mol. The molecule has 168 valence electrons. The number of benzene rings is 2. The Balaban J connectivity index is 1.83. The van der Waals surface area contributed by atoms with Crippen LogP contribution in [-0.4, -0.2) is 25.7 Å². The molecular weight excluding hydrogens is 444 g/mol. The molecule has 0 aliphatic heterocycles. The van der Waals surface area contributed by atoms with Crippen LogP contribution in [0.2, 0.25) is 5.02 Å². The Labute approximate surface area is 194 Å². The van der Waals surface area contributed by atoms with Gasteiger partial charge in [0.15, 0.2) is 5.69 Å². The summed E-state index contributed by atoms with van der Waals surface area (Å²) in [6.07, 6.45) is 2.52. The SMILES string of the molecule is C[C@H](c1nc(C(=O)Nc2cnoc2)c(O)c(=O)n1C)[C@H](c1ccccc1)c1ccccc1Cl. The maximum absolute atomic E-state index is 12.8. The number of hydrogen-bond donors (Lipinski definition) is 2. The van der Waals surface area contributed by atoms with Gasteiger partial charge in [-0.05, 0) is 17.2 Å². The lowest BCUT2D eigenvalue weighted by molar-refractivity contribution is 0.101. The van der Waals surface area contributed by atoms with E-state index in [2.05, 4.69) is 15.5 Å². The second kappa shape index (κ2) is 9.30. The van der Waals surface area contributed by atoms with Crippen LogP contribution in [-0.2, 0) is 7.05 Å². The molecule has 1 amide bonds. The zero-order chi connectivity index (χ0) is 23.5. The molecule has 0 unspecified atom stereocenters. The molecule has 2 heterocycles. The van der Waals surface area contributed by atoms with Crippen LogP contribution in [0.25, 0.3) is 0 Å². The number of aromatic hydroxyl groups is 1. The predicted octanol–water partition coefficient (Wildman–Crippen LogP) is 4.32. The number of hydrogen-bond acceptors (Lipinski definition) is 6. The number of rotatable bonds is 6. The van der Waals surface area contributed by atoms with Gasteiger partial charge in [0.2, 0.25) is 5.75 Å². The summed E-state index contributed by atoms with van der Waals surface area (Å²) >= 11 is 6.55. The molecule has 2 N–H and O–H groups in total. The Morgan fingerprint density at radius 3 is 2.52 bits per heavy atom. The molecule has 2 atom stereocenters. The lowest BCUT2D eigenvalue weighted by Crippen LogP contribution is -2.29. The van der Waals surface area contributed by atoms with Crippen molar-refractivity contribution in [2.24, 2.45) is 7.05 Å². The first-order chi connectivity index (χ1) is 15.9. The number of anilines is 1. The lowest BCUT2D eigenvalue weighted by atomic mass is 9.81. The topological polar surface area (TPSA) is 110 Å². The minimum atomic E-state index is -0.754. The van der Waals surface area contributed by atoms with E-state index in [1.54, 1.807) is 6.07 Å². The van der Waals surface area contributed by atoms with Gasteiger partial charge in [-0.25, -0.2) is 4.98 Å². The fraction of sp³-hybridized carbons (Fsp3) is 0.167. The van der Waals surface area contributed by atoms with E-state index in [1.165, 1.54) is 24.1 Å². The van der Waals surface area contributed by atoms with Gasteiger partial charge in [0.25, 0.3) is 11.5 Å². The highest BCUT2D eigenvalue weighted by molar-refractivity contribution is 6.31. The zero-order valence-electron chi connectivity index (χ0n) is 17.9. The highest BCUT2D eigenvalue weighted by Gasteiger charge is 2.30. The summed E-state index contributed by atoms with van der Waals surface area (Å²) in [7, 11) is 1.51. The van der Waals surface area contributed by atoms with Crippen molar-refractivity contribution in [2.45, 2.75) is 18.8 Å². The highest BCUT2D eigenvalue weighted by atomic mass is 35.5. The maximum Gasteiger partial charge on any atom is 0.296 e. The van der Waals surface area contributed by atoms with Crippen LogP contribution in [0.4, 0.5) is 5.69 Å². The Bertz CT molecular complexity index is 1340. The van der Waals surface area contributed by atoms with Crippen LogP contribution in [0.1, 0.15) is 46.2 Å². The summed E-state index contributed by atoms with van der Waals surface area (Å²) in [5.41, 5.74) is 0.988. The first-order valence-electron chi connectivity index (χ1n) is 10.2. The van der Waals surface area contributed by atoms with Gasteiger partial charge >= 0.3 is 0 Å². The number of halogens is 1. The molecule has 4 rings (SSSR count). The smallest absolute Gasteiger partial charge is 0.296 e. The Kier molecular flexibility index (Phi) is 6.28. The number of nitrogens with one attached hydrogen (secondary N) is 1. The molecule has 2 aromatic carbocycles. The standard InChI is InChI=1S/C24H21ClN4O4/c1-14(19(15-8-4-3-5-9-15)17-10-6-7-11-18(17)25)22-28-20(21(30)24(32)29(22)2)23(31)27-16-12-26-33-13-16/h3-14,19,30H,1-2H3,(H,27,31)/t14-,19+/m0/s1. The molecule has 0 spiro atoms. The Morgan fingerprint density at radius 1 is 1.15 bits per heavy atom. The Morgan fingerprint density at radius 2 is 1.85 bits per heavy atom.